The van der Waals surface area contributed by atoms with Gasteiger partial charge in [0, 0.05) is 15.8 Å². The topological polar surface area (TPSA) is 49.3 Å². The number of carboxylic acid groups (broad SMARTS) is 1. The molecule has 0 aromatic heterocycles. The van der Waals surface area contributed by atoms with Gasteiger partial charge in [-0.1, -0.05) is 15.9 Å². The lowest BCUT2D eigenvalue weighted by Gasteiger charge is -2.14. The van der Waals surface area contributed by atoms with E-state index in [0.717, 1.165) is 32.5 Å². The monoisotopic (exact) mass is 333 g/mol. The van der Waals surface area contributed by atoms with Gasteiger partial charge in [0.2, 0.25) is 0 Å². The first-order chi connectivity index (χ1) is 9.38. The highest BCUT2D eigenvalue weighted by Gasteiger charge is 2.09. The van der Waals surface area contributed by atoms with E-state index in [9.17, 15) is 4.79 Å². The maximum Gasteiger partial charge on any atom is 0.335 e. The van der Waals surface area contributed by atoms with Gasteiger partial charge in [-0.25, -0.2) is 4.79 Å². The average molecular weight is 334 g/mol. The lowest BCUT2D eigenvalue weighted by atomic mass is 10.1. The van der Waals surface area contributed by atoms with Crippen molar-refractivity contribution in [1.82, 2.24) is 0 Å². The first-order valence-electron chi connectivity index (χ1n) is 6.26. The second kappa shape index (κ2) is 5.67. The van der Waals surface area contributed by atoms with Gasteiger partial charge >= 0.3 is 5.97 Å². The van der Waals surface area contributed by atoms with E-state index in [1.165, 1.54) is 0 Å². The van der Waals surface area contributed by atoms with Crippen LogP contribution in [0.3, 0.4) is 0 Å². The summed E-state index contributed by atoms with van der Waals surface area (Å²) in [6, 6.07) is 9.37. The largest absolute Gasteiger partial charge is 0.478 e. The zero-order valence-corrected chi connectivity index (χ0v) is 13.2. The third kappa shape index (κ3) is 3.02. The molecule has 20 heavy (non-hydrogen) atoms. The summed E-state index contributed by atoms with van der Waals surface area (Å²) in [5.74, 6) is -0.898. The molecule has 0 heterocycles. The Morgan fingerprint density at radius 3 is 2.15 bits per heavy atom. The lowest BCUT2D eigenvalue weighted by Crippen LogP contribution is -2.01. The lowest BCUT2D eigenvalue weighted by molar-refractivity contribution is 0.0696. The van der Waals surface area contributed by atoms with E-state index in [-0.39, 0.29) is 0 Å². The molecule has 2 aromatic rings. The summed E-state index contributed by atoms with van der Waals surface area (Å²) in [7, 11) is 0. The SMILES string of the molecule is Cc1cc(Nc2c(C)cc(Br)cc2C)ccc1C(=O)O. The number of carboxylic acids is 1. The molecule has 0 spiro atoms. The molecule has 0 aliphatic heterocycles. The standard InChI is InChI=1S/C16H16BrNO2/c1-9-8-13(4-5-14(9)16(19)20)18-15-10(2)6-12(17)7-11(15)3/h4-8,18H,1-3H3,(H,19,20). The predicted octanol–water partition coefficient (Wildman–Crippen LogP) is 4.82. The third-order valence-electron chi connectivity index (χ3n) is 3.22. The second-order valence-corrected chi connectivity index (χ2v) is 5.79. The van der Waals surface area contributed by atoms with Gasteiger partial charge in [0.15, 0.2) is 0 Å². The number of aromatic carboxylic acids is 1. The Morgan fingerprint density at radius 1 is 1.05 bits per heavy atom. The molecule has 0 saturated carbocycles. The van der Waals surface area contributed by atoms with Crippen LogP contribution in [0.1, 0.15) is 27.0 Å². The Kier molecular flexibility index (Phi) is 4.14. The molecule has 0 aliphatic rings. The van der Waals surface area contributed by atoms with Gasteiger partial charge in [0.1, 0.15) is 0 Å². The van der Waals surface area contributed by atoms with Crippen molar-refractivity contribution in [1.29, 1.82) is 0 Å². The van der Waals surface area contributed by atoms with Gasteiger partial charge < -0.3 is 10.4 Å². The van der Waals surface area contributed by atoms with Gasteiger partial charge in [-0.15, -0.1) is 0 Å². The Morgan fingerprint density at radius 2 is 1.65 bits per heavy atom. The fourth-order valence-corrected chi connectivity index (χ4v) is 2.92. The molecule has 2 aromatic carbocycles. The van der Waals surface area contributed by atoms with E-state index >= 15 is 0 Å². The van der Waals surface area contributed by atoms with E-state index in [1.54, 1.807) is 19.1 Å². The molecule has 0 amide bonds. The molecule has 2 rings (SSSR count). The zero-order chi connectivity index (χ0) is 14.9. The molecule has 3 nitrogen and oxygen atoms in total. The van der Waals surface area contributed by atoms with Gasteiger partial charge in [0.25, 0.3) is 0 Å². The number of halogens is 1. The summed E-state index contributed by atoms with van der Waals surface area (Å²) < 4.78 is 1.05. The van der Waals surface area contributed by atoms with Crippen molar-refractivity contribution in [2.75, 3.05) is 5.32 Å². The minimum absolute atomic E-state index is 0.333. The van der Waals surface area contributed by atoms with E-state index < -0.39 is 5.97 Å². The van der Waals surface area contributed by atoms with Crippen LogP contribution >= 0.6 is 15.9 Å². The zero-order valence-electron chi connectivity index (χ0n) is 11.6. The Labute approximate surface area is 126 Å². The van der Waals surface area contributed by atoms with Gasteiger partial charge in [-0.3, -0.25) is 0 Å². The van der Waals surface area contributed by atoms with Crippen molar-refractivity contribution in [3.05, 3.63) is 57.1 Å². The summed E-state index contributed by atoms with van der Waals surface area (Å²) in [6.07, 6.45) is 0. The van der Waals surface area contributed by atoms with Gasteiger partial charge in [0.05, 0.1) is 5.56 Å². The van der Waals surface area contributed by atoms with E-state index in [4.69, 9.17) is 5.11 Å². The van der Waals surface area contributed by atoms with Gasteiger partial charge in [-0.05, 0) is 67.8 Å². The van der Waals surface area contributed by atoms with E-state index in [0.29, 0.717) is 5.56 Å². The summed E-state index contributed by atoms with van der Waals surface area (Å²) >= 11 is 3.48. The molecular formula is C16H16BrNO2. The molecule has 0 bridgehead atoms. The number of aryl methyl sites for hydroxylation is 3. The molecule has 4 heteroatoms. The van der Waals surface area contributed by atoms with E-state index in [1.807, 2.05) is 32.0 Å². The molecule has 0 saturated heterocycles. The minimum atomic E-state index is -0.898. The fraction of sp³-hybridized carbons (Fsp3) is 0.188. The van der Waals surface area contributed by atoms with Crippen LogP contribution < -0.4 is 5.32 Å². The van der Waals surface area contributed by atoms with Crippen molar-refractivity contribution in [2.24, 2.45) is 0 Å². The fourth-order valence-electron chi connectivity index (χ4n) is 2.23. The number of anilines is 2. The van der Waals surface area contributed by atoms with Crippen LogP contribution in [0.5, 0.6) is 0 Å². The minimum Gasteiger partial charge on any atom is -0.478 e. The smallest absolute Gasteiger partial charge is 0.335 e. The Balaban J connectivity index is 2.36. The predicted molar refractivity (Wildman–Crippen MR) is 85.0 cm³/mol. The van der Waals surface area contributed by atoms with Crippen molar-refractivity contribution in [3.63, 3.8) is 0 Å². The highest BCUT2D eigenvalue weighted by atomic mass is 79.9. The molecule has 0 unspecified atom stereocenters. The van der Waals surface area contributed by atoms with Crippen LogP contribution in [0, 0.1) is 20.8 Å². The van der Waals surface area contributed by atoms with Crippen LogP contribution in [-0.2, 0) is 0 Å². The van der Waals surface area contributed by atoms with Crippen molar-refractivity contribution in [2.45, 2.75) is 20.8 Å². The molecule has 0 radical (unpaired) electrons. The molecule has 2 N–H and O–H groups in total. The number of benzene rings is 2. The van der Waals surface area contributed by atoms with Crippen LogP contribution in [0.25, 0.3) is 0 Å². The third-order valence-corrected chi connectivity index (χ3v) is 3.68. The molecule has 0 aliphatic carbocycles. The summed E-state index contributed by atoms with van der Waals surface area (Å²) in [4.78, 5) is 11.0. The Hall–Kier alpha value is -1.81. The maximum atomic E-state index is 11.0. The summed E-state index contributed by atoms with van der Waals surface area (Å²) in [5, 5.41) is 12.4. The molecule has 104 valence electrons. The second-order valence-electron chi connectivity index (χ2n) is 4.87. The highest BCUT2D eigenvalue weighted by molar-refractivity contribution is 9.10. The maximum absolute atomic E-state index is 11.0. The quantitative estimate of drug-likeness (QED) is 0.846. The summed E-state index contributed by atoms with van der Waals surface area (Å²) in [6.45, 7) is 5.88. The highest BCUT2D eigenvalue weighted by Crippen LogP contribution is 2.28. The number of nitrogens with one attached hydrogen (secondary N) is 1. The number of hydrogen-bond donors (Lipinski definition) is 2. The van der Waals surface area contributed by atoms with Crippen LogP contribution in [-0.4, -0.2) is 11.1 Å². The first-order valence-corrected chi connectivity index (χ1v) is 7.05. The van der Waals surface area contributed by atoms with Crippen molar-refractivity contribution < 1.29 is 9.90 Å². The first kappa shape index (κ1) is 14.6. The molecule has 0 atom stereocenters. The van der Waals surface area contributed by atoms with Crippen molar-refractivity contribution in [3.8, 4) is 0 Å². The molecular weight excluding hydrogens is 318 g/mol. The summed E-state index contributed by atoms with van der Waals surface area (Å²) in [5.41, 5.74) is 5.29. The van der Waals surface area contributed by atoms with Crippen molar-refractivity contribution >= 4 is 33.3 Å². The number of carbonyl (C=O) groups is 1. The average Bonchev–Trinajstić information content (AvgIpc) is 2.33. The van der Waals surface area contributed by atoms with Gasteiger partial charge in [-0.2, -0.15) is 0 Å². The number of rotatable bonds is 3. The van der Waals surface area contributed by atoms with Crippen LogP contribution in [0.4, 0.5) is 11.4 Å². The van der Waals surface area contributed by atoms with Crippen LogP contribution in [0.2, 0.25) is 0 Å². The van der Waals surface area contributed by atoms with E-state index in [2.05, 4.69) is 21.2 Å². The normalized spacial score (nSPS) is 10.4. The van der Waals surface area contributed by atoms with Crippen LogP contribution in [0.15, 0.2) is 34.8 Å². The molecule has 0 fully saturated rings. The number of hydrogen-bond acceptors (Lipinski definition) is 2. The Bertz CT molecular complexity index is 657.